The number of carbonyl (C=O) groups is 2. The Morgan fingerprint density at radius 2 is 1.44 bits per heavy atom. The molecule has 0 aromatic heterocycles. The Bertz CT molecular complexity index is 594. The molecule has 3 rings (SSSR count). The normalized spacial score (nSPS) is 19.2. The Morgan fingerprint density at radius 1 is 0.880 bits per heavy atom. The molecule has 1 aromatic carbocycles. The number of hydrogen-bond acceptors (Lipinski definition) is 4. The third kappa shape index (κ3) is 5.42. The predicted molar refractivity (Wildman–Crippen MR) is 98.8 cm³/mol. The van der Waals surface area contributed by atoms with Gasteiger partial charge in [-0.1, -0.05) is 11.6 Å². The second-order valence-electron chi connectivity index (χ2n) is 6.70. The number of piperazine rings is 1. The first-order valence-corrected chi connectivity index (χ1v) is 9.26. The van der Waals surface area contributed by atoms with Gasteiger partial charge in [-0.3, -0.25) is 19.4 Å². The van der Waals surface area contributed by atoms with Gasteiger partial charge in [-0.2, -0.15) is 0 Å². The van der Waals surface area contributed by atoms with Crippen LogP contribution >= 0.6 is 11.6 Å². The van der Waals surface area contributed by atoms with Crippen LogP contribution in [-0.4, -0.2) is 78.9 Å². The van der Waals surface area contributed by atoms with Crippen molar-refractivity contribution in [3.63, 3.8) is 0 Å². The Kier molecular flexibility index (Phi) is 6.29. The molecule has 2 aliphatic heterocycles. The van der Waals surface area contributed by atoms with E-state index in [2.05, 4.69) is 15.1 Å². The topological polar surface area (TPSA) is 55.9 Å². The van der Waals surface area contributed by atoms with Gasteiger partial charge in [0.1, 0.15) is 0 Å². The van der Waals surface area contributed by atoms with E-state index in [-0.39, 0.29) is 11.8 Å². The second-order valence-corrected chi connectivity index (χ2v) is 7.13. The van der Waals surface area contributed by atoms with Crippen LogP contribution in [0.4, 0.5) is 5.69 Å². The Labute approximate surface area is 153 Å². The van der Waals surface area contributed by atoms with E-state index in [0.717, 1.165) is 57.8 Å². The number of amides is 2. The van der Waals surface area contributed by atoms with E-state index < -0.39 is 0 Å². The molecule has 6 nitrogen and oxygen atoms in total. The first kappa shape index (κ1) is 18.2. The highest BCUT2D eigenvalue weighted by atomic mass is 35.5. The molecule has 25 heavy (non-hydrogen) atoms. The number of likely N-dealkylation sites (tertiary alicyclic amines) is 1. The van der Waals surface area contributed by atoms with Crippen molar-refractivity contribution in [1.29, 1.82) is 0 Å². The molecule has 0 unspecified atom stereocenters. The summed E-state index contributed by atoms with van der Waals surface area (Å²) in [5, 5.41) is 3.53. The molecule has 1 aromatic rings. The summed E-state index contributed by atoms with van der Waals surface area (Å²) in [4.78, 5) is 30.6. The average Bonchev–Trinajstić information content (AvgIpc) is 3.13. The molecule has 2 saturated heterocycles. The first-order chi connectivity index (χ1) is 12.1. The zero-order chi connectivity index (χ0) is 17.6. The smallest absolute Gasteiger partial charge is 0.238 e. The average molecular weight is 365 g/mol. The van der Waals surface area contributed by atoms with E-state index in [9.17, 15) is 9.59 Å². The van der Waals surface area contributed by atoms with Crippen LogP contribution in [0.25, 0.3) is 0 Å². The van der Waals surface area contributed by atoms with Crippen LogP contribution in [0.15, 0.2) is 24.3 Å². The molecule has 2 aliphatic rings. The van der Waals surface area contributed by atoms with Crippen molar-refractivity contribution in [2.45, 2.75) is 12.8 Å². The number of halogens is 1. The van der Waals surface area contributed by atoms with Gasteiger partial charge in [0.25, 0.3) is 0 Å². The molecular weight excluding hydrogens is 340 g/mol. The van der Waals surface area contributed by atoms with Crippen LogP contribution in [0.1, 0.15) is 12.8 Å². The number of hydrogen-bond donors (Lipinski definition) is 1. The van der Waals surface area contributed by atoms with Gasteiger partial charge in [0.15, 0.2) is 0 Å². The van der Waals surface area contributed by atoms with Crippen molar-refractivity contribution in [3.8, 4) is 0 Å². The Balaban J connectivity index is 1.37. The summed E-state index contributed by atoms with van der Waals surface area (Å²) in [5.41, 5.74) is 0.754. The standard InChI is InChI=1S/C18H25ClN4O2/c19-15-3-5-16(6-4-15)20-17(24)13-21-9-11-22(12-10-21)14-18(25)23-7-1-2-8-23/h3-6H,1-2,7-14H2,(H,20,24). The first-order valence-electron chi connectivity index (χ1n) is 8.88. The summed E-state index contributed by atoms with van der Waals surface area (Å²) in [5.74, 6) is 0.218. The van der Waals surface area contributed by atoms with E-state index in [1.165, 1.54) is 0 Å². The van der Waals surface area contributed by atoms with Crippen molar-refractivity contribution < 1.29 is 9.59 Å². The second kappa shape index (κ2) is 8.65. The fraction of sp³-hybridized carbons (Fsp3) is 0.556. The lowest BCUT2D eigenvalue weighted by atomic mass is 10.3. The van der Waals surface area contributed by atoms with Crippen molar-refractivity contribution in [1.82, 2.24) is 14.7 Å². The van der Waals surface area contributed by atoms with Gasteiger partial charge >= 0.3 is 0 Å². The molecule has 2 amide bonds. The Morgan fingerprint density at radius 3 is 2.04 bits per heavy atom. The minimum Gasteiger partial charge on any atom is -0.342 e. The highest BCUT2D eigenvalue weighted by Gasteiger charge is 2.24. The fourth-order valence-corrected chi connectivity index (χ4v) is 3.43. The fourth-order valence-electron chi connectivity index (χ4n) is 3.30. The highest BCUT2D eigenvalue weighted by Crippen LogP contribution is 2.13. The number of benzene rings is 1. The van der Waals surface area contributed by atoms with Crippen molar-refractivity contribution >= 4 is 29.1 Å². The molecular formula is C18H25ClN4O2. The lowest BCUT2D eigenvalue weighted by molar-refractivity contribution is -0.132. The van der Waals surface area contributed by atoms with Crippen LogP contribution in [0.2, 0.25) is 5.02 Å². The summed E-state index contributed by atoms with van der Waals surface area (Å²) in [6, 6.07) is 7.10. The third-order valence-electron chi connectivity index (χ3n) is 4.78. The molecule has 0 saturated carbocycles. The quantitative estimate of drug-likeness (QED) is 0.860. The molecule has 0 radical (unpaired) electrons. The largest absolute Gasteiger partial charge is 0.342 e. The van der Waals surface area contributed by atoms with E-state index in [0.29, 0.717) is 18.1 Å². The monoisotopic (exact) mass is 364 g/mol. The predicted octanol–water partition coefficient (Wildman–Crippen LogP) is 1.52. The summed E-state index contributed by atoms with van der Waals surface area (Å²) in [6.07, 6.45) is 2.25. The summed E-state index contributed by atoms with van der Waals surface area (Å²) < 4.78 is 0. The van der Waals surface area contributed by atoms with Crippen molar-refractivity contribution in [2.24, 2.45) is 0 Å². The minimum atomic E-state index is -0.0242. The van der Waals surface area contributed by atoms with Gasteiger partial charge < -0.3 is 10.2 Å². The molecule has 2 heterocycles. The van der Waals surface area contributed by atoms with Gasteiger partial charge in [-0.15, -0.1) is 0 Å². The zero-order valence-corrected chi connectivity index (χ0v) is 15.2. The zero-order valence-electron chi connectivity index (χ0n) is 14.4. The van der Waals surface area contributed by atoms with Gasteiger partial charge in [0.2, 0.25) is 11.8 Å². The molecule has 0 aliphatic carbocycles. The lowest BCUT2D eigenvalue weighted by Gasteiger charge is -2.34. The molecule has 7 heteroatoms. The van der Waals surface area contributed by atoms with Gasteiger partial charge in [0.05, 0.1) is 13.1 Å². The maximum absolute atomic E-state index is 12.2. The van der Waals surface area contributed by atoms with Gasteiger partial charge in [0, 0.05) is 50.0 Å². The minimum absolute atomic E-state index is 0.0242. The van der Waals surface area contributed by atoms with E-state index in [4.69, 9.17) is 11.6 Å². The maximum Gasteiger partial charge on any atom is 0.238 e. The van der Waals surface area contributed by atoms with Crippen LogP contribution in [0.3, 0.4) is 0 Å². The molecule has 0 bridgehead atoms. The maximum atomic E-state index is 12.2. The summed E-state index contributed by atoms with van der Waals surface area (Å²) >= 11 is 5.84. The lowest BCUT2D eigenvalue weighted by Crippen LogP contribution is -2.51. The van der Waals surface area contributed by atoms with Gasteiger partial charge in [-0.05, 0) is 37.1 Å². The number of anilines is 1. The van der Waals surface area contributed by atoms with Crippen LogP contribution in [-0.2, 0) is 9.59 Å². The summed E-state index contributed by atoms with van der Waals surface area (Å²) in [7, 11) is 0. The number of nitrogens with one attached hydrogen (secondary N) is 1. The molecule has 0 spiro atoms. The van der Waals surface area contributed by atoms with E-state index >= 15 is 0 Å². The molecule has 0 atom stereocenters. The van der Waals surface area contributed by atoms with E-state index in [1.54, 1.807) is 24.3 Å². The molecule has 1 N–H and O–H groups in total. The summed E-state index contributed by atoms with van der Waals surface area (Å²) in [6.45, 7) is 5.96. The number of rotatable bonds is 5. The van der Waals surface area contributed by atoms with E-state index in [1.807, 2.05) is 4.90 Å². The molecule has 136 valence electrons. The SMILES string of the molecule is O=C(CN1CCN(CC(=O)N2CCCC2)CC1)Nc1ccc(Cl)cc1. The third-order valence-corrected chi connectivity index (χ3v) is 5.03. The van der Waals surface area contributed by atoms with Gasteiger partial charge in [-0.25, -0.2) is 0 Å². The van der Waals surface area contributed by atoms with Crippen LogP contribution in [0, 0.1) is 0 Å². The van der Waals surface area contributed by atoms with Crippen LogP contribution in [0.5, 0.6) is 0 Å². The number of nitrogens with zero attached hydrogens (tertiary/aromatic N) is 3. The molecule has 2 fully saturated rings. The van der Waals surface area contributed by atoms with Crippen molar-refractivity contribution in [2.75, 3.05) is 57.7 Å². The van der Waals surface area contributed by atoms with Crippen LogP contribution < -0.4 is 5.32 Å². The Hall–Kier alpha value is -1.63. The number of carbonyl (C=O) groups excluding carboxylic acids is 2. The van der Waals surface area contributed by atoms with Crippen molar-refractivity contribution in [3.05, 3.63) is 29.3 Å². The highest BCUT2D eigenvalue weighted by molar-refractivity contribution is 6.30.